The third-order valence-corrected chi connectivity index (χ3v) is 5.45. The van der Waals surface area contributed by atoms with Gasteiger partial charge in [0.25, 0.3) is 0 Å². The zero-order valence-corrected chi connectivity index (χ0v) is 18.6. The molecule has 0 radical (unpaired) electrons. The Labute approximate surface area is 170 Å². The molecule has 1 atom stereocenters. The lowest BCUT2D eigenvalue weighted by Gasteiger charge is -2.18. The molecule has 2 N–H and O–H groups in total. The van der Waals surface area contributed by atoms with Crippen LogP contribution < -0.4 is 5.73 Å². The highest BCUT2D eigenvalue weighted by Gasteiger charge is 2.18. The highest BCUT2D eigenvalue weighted by atomic mass is 16.5. The Kier molecular flexibility index (Phi) is 21.3. The second-order valence-electron chi connectivity index (χ2n) is 8.21. The lowest BCUT2D eigenvalue weighted by atomic mass is 10.0. The number of carbonyl (C=O) groups excluding carboxylic acids is 1. The van der Waals surface area contributed by atoms with Crippen molar-refractivity contribution in [1.82, 2.24) is 0 Å². The van der Waals surface area contributed by atoms with Crippen LogP contribution >= 0.6 is 0 Å². The molecule has 0 spiro atoms. The number of hydrogen-bond acceptors (Lipinski definition) is 2. The third-order valence-electron chi connectivity index (χ3n) is 5.45. The van der Waals surface area contributed by atoms with Gasteiger partial charge in [-0.3, -0.25) is 4.79 Å². The molecular formula is C24H49NO2. The van der Waals surface area contributed by atoms with Crippen LogP contribution in [0.2, 0.25) is 0 Å². The van der Waals surface area contributed by atoms with Gasteiger partial charge in [-0.2, -0.15) is 0 Å². The van der Waals surface area contributed by atoms with E-state index in [0.717, 1.165) is 19.3 Å². The normalized spacial score (nSPS) is 16.6. The molecule has 0 aromatic heterocycles. The van der Waals surface area contributed by atoms with Crippen molar-refractivity contribution in [3.8, 4) is 0 Å². The van der Waals surface area contributed by atoms with Gasteiger partial charge >= 0.3 is 0 Å². The molecule has 1 aliphatic heterocycles. The minimum absolute atomic E-state index is 0.307. The Balaban J connectivity index is 0.000000621. The average Bonchev–Trinajstić information content (AvgIpc) is 2.69. The summed E-state index contributed by atoms with van der Waals surface area (Å²) in [5.74, 6) is -0.324. The fourth-order valence-electron chi connectivity index (χ4n) is 3.59. The van der Waals surface area contributed by atoms with E-state index in [-0.39, 0.29) is 12.0 Å². The maximum atomic E-state index is 10.5. The summed E-state index contributed by atoms with van der Waals surface area (Å²) in [6.07, 6.45) is 26.0. The summed E-state index contributed by atoms with van der Waals surface area (Å²) < 4.78 is 5.06. The number of primary amides is 1. The molecule has 1 fully saturated rings. The monoisotopic (exact) mass is 383 g/mol. The molecule has 3 heteroatoms. The number of unbranched alkanes of at least 4 members (excludes halogenated alkanes) is 15. The summed E-state index contributed by atoms with van der Waals surface area (Å²) in [4.78, 5) is 10.5. The second-order valence-corrected chi connectivity index (χ2v) is 8.21. The van der Waals surface area contributed by atoms with Crippen LogP contribution in [-0.2, 0) is 9.53 Å². The molecule has 1 rings (SSSR count). The van der Waals surface area contributed by atoms with Crippen LogP contribution in [-0.4, -0.2) is 18.6 Å². The smallest absolute Gasteiger partial charge is 0.246 e. The summed E-state index contributed by atoms with van der Waals surface area (Å²) in [6, 6.07) is 0. The van der Waals surface area contributed by atoms with E-state index in [1.54, 1.807) is 0 Å². The van der Waals surface area contributed by atoms with Crippen molar-refractivity contribution in [2.75, 3.05) is 6.61 Å². The van der Waals surface area contributed by atoms with Crippen molar-refractivity contribution in [2.24, 2.45) is 5.73 Å². The predicted molar refractivity (Wildman–Crippen MR) is 118 cm³/mol. The van der Waals surface area contributed by atoms with Crippen LogP contribution in [0.25, 0.3) is 0 Å². The molecular weight excluding hydrogens is 334 g/mol. The molecule has 1 amide bonds. The Morgan fingerprint density at radius 1 is 0.704 bits per heavy atom. The molecule has 1 unspecified atom stereocenters. The van der Waals surface area contributed by atoms with Gasteiger partial charge < -0.3 is 10.5 Å². The van der Waals surface area contributed by atoms with Crippen molar-refractivity contribution >= 4 is 5.91 Å². The van der Waals surface area contributed by atoms with E-state index in [9.17, 15) is 4.79 Å². The first-order valence-corrected chi connectivity index (χ1v) is 12.1. The van der Waals surface area contributed by atoms with Crippen LogP contribution in [0.15, 0.2) is 0 Å². The van der Waals surface area contributed by atoms with Gasteiger partial charge in [-0.05, 0) is 19.3 Å². The Morgan fingerprint density at radius 2 is 1.07 bits per heavy atom. The van der Waals surface area contributed by atoms with Crippen molar-refractivity contribution in [3.05, 3.63) is 0 Å². The second kappa shape index (κ2) is 21.7. The van der Waals surface area contributed by atoms with E-state index in [4.69, 9.17) is 10.5 Å². The quantitative estimate of drug-likeness (QED) is 0.284. The number of rotatable bonds is 16. The van der Waals surface area contributed by atoms with Crippen LogP contribution in [0.4, 0.5) is 0 Å². The summed E-state index contributed by atoms with van der Waals surface area (Å²) >= 11 is 0. The van der Waals surface area contributed by atoms with Gasteiger partial charge in [0.15, 0.2) is 0 Å². The van der Waals surface area contributed by atoms with E-state index in [1.807, 2.05) is 0 Å². The number of ether oxygens (including phenoxy) is 1. The molecule has 0 saturated carbocycles. The van der Waals surface area contributed by atoms with Gasteiger partial charge in [0.05, 0.1) is 0 Å². The molecule has 162 valence electrons. The molecule has 0 bridgehead atoms. The zero-order chi connectivity index (χ0) is 20.0. The van der Waals surface area contributed by atoms with Crippen LogP contribution in [0.1, 0.15) is 136 Å². The van der Waals surface area contributed by atoms with Gasteiger partial charge in [0, 0.05) is 6.61 Å². The van der Waals surface area contributed by atoms with Crippen LogP contribution in [0.5, 0.6) is 0 Å². The first-order valence-electron chi connectivity index (χ1n) is 12.1. The third kappa shape index (κ3) is 20.0. The average molecular weight is 384 g/mol. The SMILES string of the molecule is CCCCCCCCCCCCCCCCCC.NC(=O)C1CCCCO1. The number of nitrogens with two attached hydrogens (primary N) is 1. The van der Waals surface area contributed by atoms with Crippen molar-refractivity contribution in [3.63, 3.8) is 0 Å². The van der Waals surface area contributed by atoms with Crippen molar-refractivity contribution in [2.45, 2.75) is 142 Å². The van der Waals surface area contributed by atoms with Crippen LogP contribution in [0, 0.1) is 0 Å². The van der Waals surface area contributed by atoms with E-state index in [1.165, 1.54) is 103 Å². The van der Waals surface area contributed by atoms with E-state index >= 15 is 0 Å². The number of amides is 1. The lowest BCUT2D eigenvalue weighted by Crippen LogP contribution is -2.33. The largest absolute Gasteiger partial charge is 0.368 e. The summed E-state index contributed by atoms with van der Waals surface area (Å²) in [5, 5.41) is 0. The highest BCUT2D eigenvalue weighted by Crippen LogP contribution is 2.13. The van der Waals surface area contributed by atoms with Crippen molar-refractivity contribution in [1.29, 1.82) is 0 Å². The molecule has 1 heterocycles. The summed E-state index contributed by atoms with van der Waals surface area (Å²) in [5.41, 5.74) is 5.00. The Hall–Kier alpha value is -0.570. The molecule has 3 nitrogen and oxygen atoms in total. The van der Waals surface area contributed by atoms with Crippen LogP contribution in [0.3, 0.4) is 0 Å². The van der Waals surface area contributed by atoms with Gasteiger partial charge in [-0.15, -0.1) is 0 Å². The van der Waals surface area contributed by atoms with Gasteiger partial charge in [0.1, 0.15) is 6.10 Å². The minimum atomic E-state index is -0.324. The standard InChI is InChI=1S/C18H38.C6H11NO2/c1-3-5-7-9-11-13-15-17-18-16-14-12-10-8-6-4-2;7-6(8)5-3-1-2-4-9-5/h3-18H2,1-2H3;5H,1-4H2,(H2,7,8). The van der Waals surface area contributed by atoms with E-state index in [2.05, 4.69) is 13.8 Å². The Morgan fingerprint density at radius 3 is 1.30 bits per heavy atom. The van der Waals surface area contributed by atoms with E-state index < -0.39 is 0 Å². The highest BCUT2D eigenvalue weighted by molar-refractivity contribution is 5.78. The number of carbonyl (C=O) groups is 1. The molecule has 27 heavy (non-hydrogen) atoms. The molecule has 1 aliphatic rings. The fourth-order valence-corrected chi connectivity index (χ4v) is 3.59. The summed E-state index contributed by atoms with van der Waals surface area (Å²) in [7, 11) is 0. The van der Waals surface area contributed by atoms with Gasteiger partial charge in [0.2, 0.25) is 5.91 Å². The van der Waals surface area contributed by atoms with Gasteiger partial charge in [-0.1, -0.05) is 117 Å². The Bertz CT molecular complexity index is 285. The zero-order valence-electron chi connectivity index (χ0n) is 18.6. The number of hydrogen-bond donors (Lipinski definition) is 1. The first kappa shape index (κ1) is 26.4. The lowest BCUT2D eigenvalue weighted by molar-refractivity contribution is -0.132. The molecule has 0 aromatic carbocycles. The first-order chi connectivity index (χ1) is 13.2. The van der Waals surface area contributed by atoms with Crippen molar-refractivity contribution < 1.29 is 9.53 Å². The van der Waals surface area contributed by atoms with E-state index in [0.29, 0.717) is 6.61 Å². The topological polar surface area (TPSA) is 52.3 Å². The fraction of sp³-hybridized carbons (Fsp3) is 0.958. The molecule has 0 aliphatic carbocycles. The molecule has 1 saturated heterocycles. The minimum Gasteiger partial charge on any atom is -0.368 e. The van der Waals surface area contributed by atoms with Gasteiger partial charge in [-0.25, -0.2) is 0 Å². The maximum absolute atomic E-state index is 10.5. The molecule has 0 aromatic rings. The maximum Gasteiger partial charge on any atom is 0.246 e. The predicted octanol–water partition coefficient (Wildman–Crippen LogP) is 7.31. The summed E-state index contributed by atoms with van der Waals surface area (Å²) in [6.45, 7) is 5.28.